The Balaban J connectivity index is 1.68. The molecule has 0 saturated carbocycles. The molecule has 0 aliphatic carbocycles. The van der Waals surface area contributed by atoms with Gasteiger partial charge in [-0.05, 0) is 54.5 Å². The van der Waals surface area contributed by atoms with Crippen molar-refractivity contribution >= 4 is 17.8 Å². The van der Waals surface area contributed by atoms with Crippen LogP contribution < -0.4 is 14.2 Å². The van der Waals surface area contributed by atoms with Crippen LogP contribution in [0.1, 0.15) is 31.8 Å². The molecule has 30 heavy (non-hydrogen) atoms. The Bertz CT molecular complexity index is 1080. The minimum Gasteiger partial charge on any atom is -0.497 e. The largest absolute Gasteiger partial charge is 0.497 e. The second-order valence-electron chi connectivity index (χ2n) is 6.54. The van der Waals surface area contributed by atoms with Crippen LogP contribution in [0.4, 0.5) is 0 Å². The molecule has 0 spiro atoms. The molecule has 3 rings (SSSR count). The van der Waals surface area contributed by atoms with Crippen LogP contribution in [-0.2, 0) is 0 Å². The van der Waals surface area contributed by atoms with E-state index in [0.29, 0.717) is 28.4 Å². The highest BCUT2D eigenvalue weighted by molar-refractivity contribution is 6.08. The summed E-state index contributed by atoms with van der Waals surface area (Å²) in [7, 11) is 3.06. The zero-order chi connectivity index (χ0) is 21.5. The maximum Gasteiger partial charge on any atom is 0.343 e. The van der Waals surface area contributed by atoms with Gasteiger partial charge < -0.3 is 14.2 Å². The molecule has 0 fully saturated rings. The van der Waals surface area contributed by atoms with Crippen molar-refractivity contribution in [3.05, 3.63) is 95.1 Å². The zero-order valence-electron chi connectivity index (χ0n) is 17.0. The van der Waals surface area contributed by atoms with Crippen LogP contribution in [0.3, 0.4) is 0 Å². The standard InChI is InChI=1S/C25H22O5/c1-17-6-4-5-7-21(17)25(27)30-19-11-8-18(9-12-19)10-15-23(26)22-14-13-20(28-2)16-24(22)29-3/h4-16H,1-3H3/b15-10+. The molecular formula is C25H22O5. The first-order chi connectivity index (χ1) is 14.5. The fraction of sp³-hybridized carbons (Fsp3) is 0.120. The predicted molar refractivity (Wildman–Crippen MR) is 115 cm³/mol. The number of esters is 1. The maximum atomic E-state index is 12.5. The van der Waals surface area contributed by atoms with E-state index in [-0.39, 0.29) is 5.78 Å². The lowest BCUT2D eigenvalue weighted by Crippen LogP contribution is -2.09. The third-order valence-corrected chi connectivity index (χ3v) is 4.56. The number of allylic oxidation sites excluding steroid dienone is 1. The fourth-order valence-corrected chi connectivity index (χ4v) is 2.87. The lowest BCUT2D eigenvalue weighted by atomic mass is 10.1. The number of carbonyl (C=O) groups excluding carboxylic acids is 2. The van der Waals surface area contributed by atoms with Gasteiger partial charge in [0.05, 0.1) is 25.3 Å². The summed E-state index contributed by atoms with van der Waals surface area (Å²) in [6.07, 6.45) is 3.16. The minimum atomic E-state index is -0.404. The Hall–Kier alpha value is -3.86. The molecule has 3 aromatic carbocycles. The number of carbonyl (C=O) groups is 2. The van der Waals surface area contributed by atoms with Crippen LogP contribution in [-0.4, -0.2) is 26.0 Å². The van der Waals surface area contributed by atoms with Crippen molar-refractivity contribution in [2.75, 3.05) is 14.2 Å². The normalized spacial score (nSPS) is 10.6. The summed E-state index contributed by atoms with van der Waals surface area (Å²) in [6, 6.07) is 19.2. The van der Waals surface area contributed by atoms with Gasteiger partial charge in [-0.15, -0.1) is 0 Å². The molecule has 5 heteroatoms. The van der Waals surface area contributed by atoms with E-state index in [9.17, 15) is 9.59 Å². The summed E-state index contributed by atoms with van der Waals surface area (Å²) < 4.78 is 15.8. The van der Waals surface area contributed by atoms with Crippen LogP contribution in [0.15, 0.2) is 72.8 Å². The average Bonchev–Trinajstić information content (AvgIpc) is 2.78. The minimum absolute atomic E-state index is 0.190. The summed E-state index contributed by atoms with van der Waals surface area (Å²) in [4.78, 5) is 24.8. The third kappa shape index (κ3) is 4.94. The quantitative estimate of drug-likeness (QED) is 0.237. The highest BCUT2D eigenvalue weighted by Crippen LogP contribution is 2.25. The lowest BCUT2D eigenvalue weighted by Gasteiger charge is -2.08. The summed E-state index contributed by atoms with van der Waals surface area (Å²) in [6.45, 7) is 1.86. The summed E-state index contributed by atoms with van der Waals surface area (Å²) >= 11 is 0. The Labute approximate surface area is 175 Å². The molecular weight excluding hydrogens is 380 g/mol. The van der Waals surface area contributed by atoms with Crippen LogP contribution >= 0.6 is 0 Å². The molecule has 0 amide bonds. The predicted octanol–water partition coefficient (Wildman–Crippen LogP) is 5.13. The van der Waals surface area contributed by atoms with Crippen LogP contribution in [0, 0.1) is 6.92 Å². The SMILES string of the molecule is COc1ccc(C(=O)/C=C/c2ccc(OC(=O)c3ccccc3C)cc2)c(OC)c1. The first-order valence-corrected chi connectivity index (χ1v) is 9.34. The molecule has 0 aliphatic rings. The first kappa shape index (κ1) is 20.9. The van der Waals surface area contributed by atoms with Gasteiger partial charge in [-0.25, -0.2) is 4.79 Å². The zero-order valence-corrected chi connectivity index (χ0v) is 17.0. The van der Waals surface area contributed by atoms with Crippen molar-refractivity contribution in [1.82, 2.24) is 0 Å². The summed E-state index contributed by atoms with van der Waals surface area (Å²) in [5.41, 5.74) is 2.62. The number of hydrogen-bond donors (Lipinski definition) is 0. The molecule has 3 aromatic rings. The first-order valence-electron chi connectivity index (χ1n) is 9.34. The van der Waals surface area contributed by atoms with Gasteiger partial charge in [-0.1, -0.05) is 36.4 Å². The van der Waals surface area contributed by atoms with Crippen LogP contribution in [0.25, 0.3) is 6.08 Å². The molecule has 0 bridgehead atoms. The molecule has 0 saturated heterocycles. The molecule has 0 aromatic heterocycles. The Kier molecular flexibility index (Phi) is 6.65. The highest BCUT2D eigenvalue weighted by atomic mass is 16.5. The van der Waals surface area contributed by atoms with Crippen molar-refractivity contribution < 1.29 is 23.8 Å². The number of ketones is 1. The van der Waals surface area contributed by atoms with Crippen molar-refractivity contribution in [2.45, 2.75) is 6.92 Å². The van der Waals surface area contributed by atoms with E-state index >= 15 is 0 Å². The van der Waals surface area contributed by atoms with Crippen molar-refractivity contribution in [3.63, 3.8) is 0 Å². The van der Waals surface area contributed by atoms with Gasteiger partial charge in [0.15, 0.2) is 5.78 Å². The molecule has 0 unspecified atom stereocenters. The molecule has 0 N–H and O–H groups in total. The number of methoxy groups -OCH3 is 2. The molecule has 0 heterocycles. The third-order valence-electron chi connectivity index (χ3n) is 4.56. The van der Waals surface area contributed by atoms with Gasteiger partial charge >= 0.3 is 5.97 Å². The molecule has 5 nitrogen and oxygen atoms in total. The van der Waals surface area contributed by atoms with Crippen LogP contribution in [0.2, 0.25) is 0 Å². The second-order valence-corrected chi connectivity index (χ2v) is 6.54. The van der Waals surface area contributed by atoms with E-state index < -0.39 is 5.97 Å². The van der Waals surface area contributed by atoms with E-state index in [4.69, 9.17) is 14.2 Å². The number of benzene rings is 3. The van der Waals surface area contributed by atoms with Gasteiger partial charge in [0.25, 0.3) is 0 Å². The fourth-order valence-electron chi connectivity index (χ4n) is 2.87. The maximum absolute atomic E-state index is 12.5. The van der Waals surface area contributed by atoms with E-state index in [1.807, 2.05) is 19.1 Å². The molecule has 0 radical (unpaired) electrons. The van der Waals surface area contributed by atoms with Crippen molar-refractivity contribution in [2.24, 2.45) is 0 Å². The van der Waals surface area contributed by atoms with E-state index in [0.717, 1.165) is 11.1 Å². The van der Waals surface area contributed by atoms with Crippen molar-refractivity contribution in [3.8, 4) is 17.2 Å². The number of rotatable bonds is 7. The molecule has 0 atom stereocenters. The van der Waals surface area contributed by atoms with Crippen molar-refractivity contribution in [1.29, 1.82) is 0 Å². The number of hydrogen-bond acceptors (Lipinski definition) is 5. The average molecular weight is 402 g/mol. The Morgan fingerprint density at radius 3 is 2.17 bits per heavy atom. The monoisotopic (exact) mass is 402 g/mol. The number of aryl methyl sites for hydroxylation is 1. The van der Waals surface area contributed by atoms with E-state index in [1.54, 1.807) is 67.8 Å². The Morgan fingerprint density at radius 1 is 0.800 bits per heavy atom. The van der Waals surface area contributed by atoms with Gasteiger partial charge in [-0.2, -0.15) is 0 Å². The van der Waals surface area contributed by atoms with Gasteiger partial charge in [0.1, 0.15) is 17.2 Å². The van der Waals surface area contributed by atoms with Gasteiger partial charge in [0, 0.05) is 6.07 Å². The van der Waals surface area contributed by atoms with Gasteiger partial charge in [-0.3, -0.25) is 4.79 Å². The molecule has 152 valence electrons. The summed E-state index contributed by atoms with van der Waals surface area (Å²) in [5, 5.41) is 0. The van der Waals surface area contributed by atoms with Crippen LogP contribution in [0.5, 0.6) is 17.2 Å². The van der Waals surface area contributed by atoms with E-state index in [2.05, 4.69) is 0 Å². The number of ether oxygens (including phenoxy) is 3. The second kappa shape index (κ2) is 9.56. The lowest BCUT2D eigenvalue weighted by molar-refractivity contribution is 0.0734. The molecule has 0 aliphatic heterocycles. The smallest absolute Gasteiger partial charge is 0.343 e. The Morgan fingerprint density at radius 2 is 1.50 bits per heavy atom. The topological polar surface area (TPSA) is 61.8 Å². The summed E-state index contributed by atoms with van der Waals surface area (Å²) in [5.74, 6) is 0.900. The highest BCUT2D eigenvalue weighted by Gasteiger charge is 2.12. The van der Waals surface area contributed by atoms with E-state index in [1.165, 1.54) is 13.2 Å². The van der Waals surface area contributed by atoms with Gasteiger partial charge in [0.2, 0.25) is 0 Å².